The third-order valence-electron chi connectivity index (χ3n) is 2.64. The Morgan fingerprint density at radius 3 is 2.63 bits per heavy atom. The van der Waals surface area contributed by atoms with Gasteiger partial charge in [-0.15, -0.1) is 0 Å². The molecule has 0 saturated carbocycles. The molecule has 2 aromatic rings. The lowest BCUT2D eigenvalue weighted by molar-refractivity contribution is 0.619. The Balaban J connectivity index is 1.94. The van der Waals surface area contributed by atoms with Crippen molar-refractivity contribution in [1.29, 1.82) is 5.26 Å². The minimum absolute atomic E-state index is 0.252. The zero-order chi connectivity index (χ0) is 13.7. The highest BCUT2D eigenvalue weighted by molar-refractivity contribution is 9.10. The monoisotopic (exact) mass is 318 g/mol. The highest BCUT2D eigenvalue weighted by Crippen LogP contribution is 2.15. The van der Waals surface area contributed by atoms with Crippen LogP contribution in [0.1, 0.15) is 16.7 Å². The van der Waals surface area contributed by atoms with Crippen LogP contribution in [0.5, 0.6) is 0 Å². The fourth-order valence-electron chi connectivity index (χ4n) is 1.82. The lowest BCUT2D eigenvalue weighted by Crippen LogP contribution is -2.12. The standard InChI is InChI=1S/C15H12BrFN2/c16-14-5-13(6-15(17)7-14)10-19-9-12-3-1-2-11(4-12)8-18/h1-7,19H,9-10H2. The maximum Gasteiger partial charge on any atom is 0.124 e. The molecule has 0 aliphatic heterocycles. The van der Waals surface area contributed by atoms with Gasteiger partial charge in [-0.2, -0.15) is 5.26 Å². The molecule has 0 atom stereocenters. The molecular weight excluding hydrogens is 307 g/mol. The van der Waals surface area contributed by atoms with Crippen molar-refractivity contribution in [2.45, 2.75) is 13.1 Å². The number of rotatable bonds is 4. The maximum atomic E-state index is 13.2. The normalized spacial score (nSPS) is 10.2. The molecule has 0 fully saturated rings. The molecule has 0 amide bonds. The number of hydrogen-bond acceptors (Lipinski definition) is 2. The van der Waals surface area contributed by atoms with Crippen molar-refractivity contribution in [3.05, 3.63) is 69.4 Å². The third-order valence-corrected chi connectivity index (χ3v) is 3.09. The van der Waals surface area contributed by atoms with Crippen molar-refractivity contribution in [3.8, 4) is 6.07 Å². The predicted octanol–water partition coefficient (Wildman–Crippen LogP) is 3.75. The summed E-state index contributed by atoms with van der Waals surface area (Å²) in [6.07, 6.45) is 0. The van der Waals surface area contributed by atoms with E-state index in [1.807, 2.05) is 24.3 Å². The van der Waals surface area contributed by atoms with E-state index in [2.05, 4.69) is 27.3 Å². The summed E-state index contributed by atoms with van der Waals surface area (Å²) in [5.41, 5.74) is 2.56. The van der Waals surface area contributed by atoms with E-state index >= 15 is 0 Å². The van der Waals surface area contributed by atoms with Crippen LogP contribution in [0.4, 0.5) is 4.39 Å². The minimum Gasteiger partial charge on any atom is -0.309 e. The van der Waals surface area contributed by atoms with E-state index in [0.29, 0.717) is 18.7 Å². The van der Waals surface area contributed by atoms with Crippen molar-refractivity contribution < 1.29 is 4.39 Å². The smallest absolute Gasteiger partial charge is 0.124 e. The number of nitriles is 1. The summed E-state index contributed by atoms with van der Waals surface area (Å²) in [5, 5.41) is 12.0. The van der Waals surface area contributed by atoms with Crippen molar-refractivity contribution in [3.63, 3.8) is 0 Å². The molecule has 0 bridgehead atoms. The summed E-state index contributed by atoms with van der Waals surface area (Å²) in [5.74, 6) is -0.252. The Bertz CT molecular complexity index is 600. The fraction of sp³-hybridized carbons (Fsp3) is 0.133. The Morgan fingerprint density at radius 2 is 1.89 bits per heavy atom. The lowest BCUT2D eigenvalue weighted by Gasteiger charge is -2.06. The van der Waals surface area contributed by atoms with Gasteiger partial charge in [-0.1, -0.05) is 28.1 Å². The quantitative estimate of drug-likeness (QED) is 0.932. The average molecular weight is 319 g/mol. The summed E-state index contributed by atoms with van der Waals surface area (Å²) in [6, 6.07) is 14.3. The maximum absolute atomic E-state index is 13.2. The minimum atomic E-state index is -0.252. The van der Waals surface area contributed by atoms with Crippen LogP contribution in [0.2, 0.25) is 0 Å². The van der Waals surface area contributed by atoms with Crippen molar-refractivity contribution in [1.82, 2.24) is 5.32 Å². The molecule has 2 nitrogen and oxygen atoms in total. The molecule has 2 rings (SSSR count). The summed E-state index contributed by atoms with van der Waals surface area (Å²) in [4.78, 5) is 0. The Kier molecular flexibility index (Phi) is 4.67. The second-order valence-electron chi connectivity index (χ2n) is 4.19. The van der Waals surface area contributed by atoms with Crippen LogP contribution in [0.3, 0.4) is 0 Å². The lowest BCUT2D eigenvalue weighted by atomic mass is 10.1. The third kappa shape index (κ3) is 4.16. The molecule has 2 aromatic carbocycles. The van der Waals surface area contributed by atoms with E-state index in [9.17, 15) is 4.39 Å². The summed E-state index contributed by atoms with van der Waals surface area (Å²) in [6.45, 7) is 1.22. The van der Waals surface area contributed by atoms with Gasteiger partial charge in [0.25, 0.3) is 0 Å². The van der Waals surface area contributed by atoms with E-state index in [-0.39, 0.29) is 5.82 Å². The van der Waals surface area contributed by atoms with Gasteiger partial charge in [0, 0.05) is 17.6 Å². The van der Waals surface area contributed by atoms with Gasteiger partial charge in [0.2, 0.25) is 0 Å². The highest BCUT2D eigenvalue weighted by Gasteiger charge is 2.00. The van der Waals surface area contributed by atoms with Crippen LogP contribution in [0.15, 0.2) is 46.9 Å². The average Bonchev–Trinajstić information content (AvgIpc) is 2.38. The number of halogens is 2. The van der Waals surface area contributed by atoms with Gasteiger partial charge in [-0.25, -0.2) is 4.39 Å². The molecule has 0 saturated heterocycles. The molecule has 0 aromatic heterocycles. The van der Waals surface area contributed by atoms with E-state index < -0.39 is 0 Å². The van der Waals surface area contributed by atoms with Crippen molar-refractivity contribution in [2.75, 3.05) is 0 Å². The van der Waals surface area contributed by atoms with Crippen molar-refractivity contribution in [2.24, 2.45) is 0 Å². The van der Waals surface area contributed by atoms with Crippen LogP contribution < -0.4 is 5.32 Å². The van der Waals surface area contributed by atoms with Crippen LogP contribution in [0.25, 0.3) is 0 Å². The van der Waals surface area contributed by atoms with E-state index in [1.54, 1.807) is 6.07 Å². The Hall–Kier alpha value is -1.70. The second-order valence-corrected chi connectivity index (χ2v) is 5.11. The van der Waals surface area contributed by atoms with Crippen LogP contribution in [-0.4, -0.2) is 0 Å². The SMILES string of the molecule is N#Cc1cccc(CNCc2cc(F)cc(Br)c2)c1. The fourth-order valence-corrected chi connectivity index (χ4v) is 2.33. The summed E-state index contributed by atoms with van der Waals surface area (Å²) < 4.78 is 13.9. The molecule has 0 radical (unpaired) electrons. The van der Waals surface area contributed by atoms with Crippen LogP contribution in [-0.2, 0) is 13.1 Å². The van der Waals surface area contributed by atoms with Crippen molar-refractivity contribution >= 4 is 15.9 Å². The predicted molar refractivity (Wildman–Crippen MR) is 75.8 cm³/mol. The molecule has 0 spiro atoms. The second kappa shape index (κ2) is 6.46. The highest BCUT2D eigenvalue weighted by atomic mass is 79.9. The molecule has 0 heterocycles. The van der Waals surface area contributed by atoms with Gasteiger partial charge in [-0.05, 0) is 41.5 Å². The first-order chi connectivity index (χ1) is 9.17. The molecular formula is C15H12BrFN2. The first kappa shape index (κ1) is 13.7. The summed E-state index contributed by atoms with van der Waals surface area (Å²) in [7, 11) is 0. The number of benzene rings is 2. The molecule has 1 N–H and O–H groups in total. The number of nitrogens with zero attached hydrogens (tertiary/aromatic N) is 1. The van der Waals surface area contributed by atoms with Gasteiger partial charge in [0.1, 0.15) is 5.82 Å². The topological polar surface area (TPSA) is 35.8 Å². The molecule has 19 heavy (non-hydrogen) atoms. The van der Waals surface area contributed by atoms with E-state index in [1.165, 1.54) is 12.1 Å². The molecule has 0 aliphatic rings. The molecule has 96 valence electrons. The largest absolute Gasteiger partial charge is 0.309 e. The molecule has 0 aliphatic carbocycles. The van der Waals surface area contributed by atoms with Crippen LogP contribution in [0, 0.1) is 17.1 Å². The van der Waals surface area contributed by atoms with E-state index in [0.717, 1.165) is 15.6 Å². The Labute approximate surface area is 120 Å². The summed E-state index contributed by atoms with van der Waals surface area (Å²) >= 11 is 3.26. The van der Waals surface area contributed by atoms with Gasteiger partial charge < -0.3 is 5.32 Å². The van der Waals surface area contributed by atoms with Gasteiger partial charge in [0.05, 0.1) is 11.6 Å². The zero-order valence-corrected chi connectivity index (χ0v) is 11.7. The molecule has 4 heteroatoms. The van der Waals surface area contributed by atoms with E-state index in [4.69, 9.17) is 5.26 Å². The van der Waals surface area contributed by atoms with Gasteiger partial charge in [0.15, 0.2) is 0 Å². The van der Waals surface area contributed by atoms with Crippen LogP contribution >= 0.6 is 15.9 Å². The molecule has 0 unspecified atom stereocenters. The number of hydrogen-bond donors (Lipinski definition) is 1. The van der Waals surface area contributed by atoms with Gasteiger partial charge in [-0.3, -0.25) is 0 Å². The Morgan fingerprint density at radius 1 is 1.11 bits per heavy atom. The zero-order valence-electron chi connectivity index (χ0n) is 10.2. The van der Waals surface area contributed by atoms with Gasteiger partial charge >= 0.3 is 0 Å². The first-order valence-electron chi connectivity index (χ1n) is 5.82. The number of nitrogens with one attached hydrogen (secondary N) is 1. The first-order valence-corrected chi connectivity index (χ1v) is 6.61.